The fraction of sp³-hybridized carbons (Fsp3) is 0.438. The van der Waals surface area contributed by atoms with Crippen molar-refractivity contribution in [1.82, 2.24) is 9.97 Å². The molecule has 0 amide bonds. The molecule has 5 N–H and O–H groups in total. The zero-order valence-corrected chi connectivity index (χ0v) is 14.2. The average Bonchev–Trinajstić information content (AvgIpc) is 2.88. The summed E-state index contributed by atoms with van der Waals surface area (Å²) in [6.07, 6.45) is 4.62. The van der Waals surface area contributed by atoms with Crippen molar-refractivity contribution in [2.24, 2.45) is 17.4 Å². The number of benzene rings is 1. The number of aromatic amines is 1. The van der Waals surface area contributed by atoms with Crippen LogP contribution in [0.5, 0.6) is 0 Å². The summed E-state index contributed by atoms with van der Waals surface area (Å²) in [4.78, 5) is 7.62. The first-order valence-corrected chi connectivity index (χ1v) is 8.07. The summed E-state index contributed by atoms with van der Waals surface area (Å²) in [7, 11) is 0. The molecule has 0 fully saturated rings. The van der Waals surface area contributed by atoms with Crippen molar-refractivity contribution in [3.63, 3.8) is 0 Å². The van der Waals surface area contributed by atoms with Crippen molar-refractivity contribution in [3.05, 3.63) is 40.8 Å². The molecule has 0 saturated heterocycles. The highest BCUT2D eigenvalue weighted by Crippen LogP contribution is 2.24. The largest absolute Gasteiger partial charge is 0.339 e. The highest BCUT2D eigenvalue weighted by atomic mass is 79.9. The highest BCUT2D eigenvalue weighted by molar-refractivity contribution is 9.10. The third kappa shape index (κ3) is 4.40. The van der Waals surface area contributed by atoms with Gasteiger partial charge in [0.1, 0.15) is 11.5 Å². The fourth-order valence-electron chi connectivity index (χ4n) is 2.28. The molecule has 5 heteroatoms. The Kier molecular flexibility index (Phi) is 5.19. The van der Waals surface area contributed by atoms with E-state index in [-0.39, 0.29) is 0 Å². The smallest absolute Gasteiger partial charge is 0.141 e. The molecule has 0 bridgehead atoms. The van der Waals surface area contributed by atoms with E-state index in [9.17, 15) is 0 Å². The number of hydrogen-bond acceptors (Lipinski definition) is 3. The van der Waals surface area contributed by atoms with Gasteiger partial charge >= 0.3 is 0 Å². The Morgan fingerprint density at radius 3 is 2.76 bits per heavy atom. The summed E-state index contributed by atoms with van der Waals surface area (Å²) in [5, 5.41) is 0. The van der Waals surface area contributed by atoms with E-state index in [1.165, 1.54) is 0 Å². The van der Waals surface area contributed by atoms with Crippen molar-refractivity contribution in [2.45, 2.75) is 38.8 Å². The Bertz CT molecular complexity index is 589. The molecule has 114 valence electrons. The van der Waals surface area contributed by atoms with Crippen LogP contribution >= 0.6 is 15.9 Å². The number of rotatable bonds is 6. The van der Waals surface area contributed by atoms with Crippen LogP contribution in [0.15, 0.2) is 34.9 Å². The van der Waals surface area contributed by atoms with Gasteiger partial charge in [-0.05, 0) is 30.9 Å². The van der Waals surface area contributed by atoms with Gasteiger partial charge in [0.25, 0.3) is 0 Å². The Morgan fingerprint density at radius 1 is 1.33 bits per heavy atom. The average molecular weight is 351 g/mol. The van der Waals surface area contributed by atoms with Gasteiger partial charge in [0.05, 0.1) is 11.9 Å². The number of aromatic nitrogens is 2. The molecule has 2 rings (SSSR count). The molecular weight excluding hydrogens is 328 g/mol. The molecule has 0 aliphatic carbocycles. The molecule has 0 aliphatic rings. The molecule has 1 heterocycles. The maximum absolute atomic E-state index is 6.22. The Morgan fingerprint density at radius 2 is 2.10 bits per heavy atom. The maximum Gasteiger partial charge on any atom is 0.141 e. The van der Waals surface area contributed by atoms with Gasteiger partial charge in [0.2, 0.25) is 0 Å². The lowest BCUT2D eigenvalue weighted by atomic mass is 9.99. The first kappa shape index (κ1) is 16.2. The summed E-state index contributed by atoms with van der Waals surface area (Å²) in [6, 6.07) is 8.03. The van der Waals surface area contributed by atoms with Crippen LogP contribution in [-0.2, 0) is 5.66 Å². The lowest BCUT2D eigenvalue weighted by Crippen LogP contribution is -2.47. The summed E-state index contributed by atoms with van der Waals surface area (Å²) in [5.74, 6) is 1.30. The molecule has 0 atom stereocenters. The maximum atomic E-state index is 6.22. The van der Waals surface area contributed by atoms with E-state index in [2.05, 4.69) is 39.7 Å². The molecule has 0 spiro atoms. The molecule has 4 nitrogen and oxygen atoms in total. The van der Waals surface area contributed by atoms with E-state index in [0.29, 0.717) is 11.7 Å². The summed E-state index contributed by atoms with van der Waals surface area (Å²) in [5.41, 5.74) is 13.5. The number of nitrogens with two attached hydrogens (primary N) is 2. The number of halogens is 1. The number of nitrogens with zero attached hydrogens (tertiary/aromatic N) is 1. The van der Waals surface area contributed by atoms with Gasteiger partial charge in [-0.1, -0.05) is 48.3 Å². The lowest BCUT2D eigenvalue weighted by Gasteiger charge is -2.22. The van der Waals surface area contributed by atoms with Gasteiger partial charge in [-0.15, -0.1) is 0 Å². The Hall–Kier alpha value is -1.17. The number of hydrogen-bond donors (Lipinski definition) is 3. The second-order valence-electron chi connectivity index (χ2n) is 5.98. The summed E-state index contributed by atoms with van der Waals surface area (Å²) in [6.45, 7) is 4.40. The number of imidazole rings is 1. The first-order valence-electron chi connectivity index (χ1n) is 7.27. The zero-order valence-electron chi connectivity index (χ0n) is 12.6. The van der Waals surface area contributed by atoms with Gasteiger partial charge < -0.3 is 16.5 Å². The van der Waals surface area contributed by atoms with Gasteiger partial charge in [0.15, 0.2) is 0 Å². The molecule has 0 saturated carbocycles. The van der Waals surface area contributed by atoms with Gasteiger partial charge in [-0.3, -0.25) is 0 Å². The second-order valence-corrected chi connectivity index (χ2v) is 6.90. The molecule has 0 radical (unpaired) electrons. The zero-order chi connectivity index (χ0) is 15.5. The molecule has 0 aliphatic heterocycles. The second kappa shape index (κ2) is 6.73. The molecule has 1 aromatic carbocycles. The van der Waals surface area contributed by atoms with Crippen LogP contribution in [0, 0.1) is 5.92 Å². The van der Waals surface area contributed by atoms with Crippen molar-refractivity contribution >= 4 is 15.9 Å². The standard InChI is InChI=1S/C16H23BrN4/c1-11(2)5-4-8-16(18,19)15-20-10-14(21-15)12-6-3-7-13(17)9-12/h3,6-7,9-11H,4-5,8,18-19H2,1-2H3,(H,20,21). The van der Waals surface area contributed by atoms with Crippen LogP contribution in [-0.4, -0.2) is 9.97 Å². The third-order valence-electron chi connectivity index (χ3n) is 3.52. The summed E-state index contributed by atoms with van der Waals surface area (Å²) < 4.78 is 1.03. The van der Waals surface area contributed by atoms with Gasteiger partial charge in [0, 0.05) is 10.0 Å². The number of H-pyrrole nitrogens is 1. The molecule has 1 aromatic heterocycles. The van der Waals surface area contributed by atoms with Crippen LogP contribution in [0.2, 0.25) is 0 Å². The minimum atomic E-state index is -0.904. The third-order valence-corrected chi connectivity index (χ3v) is 4.02. The van der Waals surface area contributed by atoms with E-state index in [1.807, 2.05) is 24.3 Å². The topological polar surface area (TPSA) is 80.7 Å². The Labute approximate surface area is 134 Å². The predicted molar refractivity (Wildman–Crippen MR) is 90.5 cm³/mol. The SMILES string of the molecule is CC(C)CCCC(N)(N)c1ncc(-c2cccc(Br)c2)[nH]1. The van der Waals surface area contributed by atoms with Crippen molar-refractivity contribution < 1.29 is 0 Å². The van der Waals surface area contributed by atoms with Gasteiger partial charge in [-0.2, -0.15) is 0 Å². The van der Waals surface area contributed by atoms with Gasteiger partial charge in [-0.25, -0.2) is 4.98 Å². The number of nitrogens with one attached hydrogen (secondary N) is 1. The molecule has 0 unspecified atom stereocenters. The van der Waals surface area contributed by atoms with Crippen molar-refractivity contribution in [1.29, 1.82) is 0 Å². The van der Waals surface area contributed by atoms with E-state index in [0.717, 1.165) is 35.0 Å². The van der Waals surface area contributed by atoms with Crippen LogP contribution in [0.25, 0.3) is 11.3 Å². The fourth-order valence-corrected chi connectivity index (χ4v) is 2.68. The first-order chi connectivity index (χ1) is 9.88. The van der Waals surface area contributed by atoms with E-state index in [1.54, 1.807) is 6.20 Å². The lowest BCUT2D eigenvalue weighted by molar-refractivity contribution is 0.370. The minimum absolute atomic E-state index is 0.640. The van der Waals surface area contributed by atoms with Crippen molar-refractivity contribution in [3.8, 4) is 11.3 Å². The van der Waals surface area contributed by atoms with Crippen LogP contribution in [0.1, 0.15) is 38.9 Å². The summed E-state index contributed by atoms with van der Waals surface area (Å²) >= 11 is 3.47. The van der Waals surface area contributed by atoms with Crippen molar-refractivity contribution in [2.75, 3.05) is 0 Å². The predicted octanol–water partition coefficient (Wildman–Crippen LogP) is 3.74. The quantitative estimate of drug-likeness (QED) is 0.694. The van der Waals surface area contributed by atoms with Crippen LogP contribution < -0.4 is 11.5 Å². The minimum Gasteiger partial charge on any atom is -0.339 e. The molecule has 21 heavy (non-hydrogen) atoms. The van der Waals surface area contributed by atoms with E-state index < -0.39 is 5.66 Å². The van der Waals surface area contributed by atoms with Crippen LogP contribution in [0.3, 0.4) is 0 Å². The normalized spacial score (nSPS) is 12.1. The van der Waals surface area contributed by atoms with Crippen LogP contribution in [0.4, 0.5) is 0 Å². The Balaban J connectivity index is 2.11. The molecular formula is C16H23BrN4. The molecule has 2 aromatic rings. The van der Waals surface area contributed by atoms with E-state index >= 15 is 0 Å². The highest BCUT2D eigenvalue weighted by Gasteiger charge is 2.25. The monoisotopic (exact) mass is 350 g/mol. The van der Waals surface area contributed by atoms with E-state index in [4.69, 9.17) is 11.5 Å².